The molecule has 1 aromatic heterocycles. The van der Waals surface area contributed by atoms with Crippen LogP contribution in [-0.2, 0) is 0 Å². The summed E-state index contributed by atoms with van der Waals surface area (Å²) in [6, 6.07) is 5.74. The van der Waals surface area contributed by atoms with Crippen molar-refractivity contribution in [3.63, 3.8) is 0 Å². The van der Waals surface area contributed by atoms with E-state index in [1.165, 1.54) is 12.8 Å². The molecule has 13 heavy (non-hydrogen) atoms. The fourth-order valence-corrected chi connectivity index (χ4v) is 1.94. The predicted molar refractivity (Wildman–Crippen MR) is 54.6 cm³/mol. The van der Waals surface area contributed by atoms with Gasteiger partial charge in [0.1, 0.15) is 11.1 Å². The average molecular weight is 192 g/mol. The highest BCUT2D eigenvalue weighted by atomic mass is 32.2. The molecular formula is C10H12N2S. The van der Waals surface area contributed by atoms with Gasteiger partial charge in [0.15, 0.2) is 0 Å². The summed E-state index contributed by atoms with van der Waals surface area (Å²) < 4.78 is 0. The van der Waals surface area contributed by atoms with E-state index in [0.29, 0.717) is 5.56 Å². The van der Waals surface area contributed by atoms with Crippen LogP contribution in [0.15, 0.2) is 23.4 Å². The van der Waals surface area contributed by atoms with Gasteiger partial charge in [0.2, 0.25) is 0 Å². The SMILES string of the molecule is CCCCSc1ncccc1C#N. The molecule has 0 bridgehead atoms. The van der Waals surface area contributed by atoms with Crippen LogP contribution in [0.2, 0.25) is 0 Å². The zero-order chi connectivity index (χ0) is 9.52. The van der Waals surface area contributed by atoms with Crippen molar-refractivity contribution in [2.75, 3.05) is 5.75 Å². The Hall–Kier alpha value is -1.01. The minimum atomic E-state index is 0.684. The third-order valence-electron chi connectivity index (χ3n) is 1.63. The molecule has 0 aliphatic heterocycles. The van der Waals surface area contributed by atoms with Crippen LogP contribution in [0.5, 0.6) is 0 Å². The largest absolute Gasteiger partial charge is 0.249 e. The van der Waals surface area contributed by atoms with E-state index in [1.807, 2.05) is 0 Å². The third kappa shape index (κ3) is 3.08. The van der Waals surface area contributed by atoms with Crippen molar-refractivity contribution in [1.82, 2.24) is 4.98 Å². The first-order valence-electron chi connectivity index (χ1n) is 4.36. The molecule has 1 aromatic rings. The van der Waals surface area contributed by atoms with Crippen LogP contribution >= 0.6 is 11.8 Å². The van der Waals surface area contributed by atoms with Crippen molar-refractivity contribution in [3.05, 3.63) is 23.9 Å². The molecule has 0 unspecified atom stereocenters. The van der Waals surface area contributed by atoms with Gasteiger partial charge in [-0.2, -0.15) is 5.26 Å². The summed E-state index contributed by atoms with van der Waals surface area (Å²) in [6.45, 7) is 2.16. The fraction of sp³-hybridized carbons (Fsp3) is 0.400. The molecule has 0 aliphatic rings. The van der Waals surface area contributed by atoms with Crippen LogP contribution in [-0.4, -0.2) is 10.7 Å². The zero-order valence-corrected chi connectivity index (χ0v) is 8.47. The molecule has 0 aromatic carbocycles. The maximum Gasteiger partial charge on any atom is 0.114 e. The number of nitriles is 1. The van der Waals surface area contributed by atoms with Crippen molar-refractivity contribution in [2.45, 2.75) is 24.8 Å². The number of hydrogen-bond acceptors (Lipinski definition) is 3. The first-order chi connectivity index (χ1) is 6.38. The third-order valence-corrected chi connectivity index (χ3v) is 2.72. The van der Waals surface area contributed by atoms with Crippen molar-refractivity contribution in [2.24, 2.45) is 0 Å². The van der Waals surface area contributed by atoms with E-state index in [1.54, 1.807) is 30.1 Å². The van der Waals surface area contributed by atoms with Crippen molar-refractivity contribution >= 4 is 11.8 Å². The number of hydrogen-bond donors (Lipinski definition) is 0. The van der Waals surface area contributed by atoms with Crippen LogP contribution in [0, 0.1) is 11.3 Å². The fourth-order valence-electron chi connectivity index (χ4n) is 0.904. The predicted octanol–water partition coefficient (Wildman–Crippen LogP) is 2.85. The molecule has 0 saturated carbocycles. The molecule has 0 radical (unpaired) electrons. The van der Waals surface area contributed by atoms with Crippen molar-refractivity contribution < 1.29 is 0 Å². The Morgan fingerprint density at radius 2 is 2.46 bits per heavy atom. The minimum Gasteiger partial charge on any atom is -0.249 e. The lowest BCUT2D eigenvalue weighted by Crippen LogP contribution is -1.86. The molecule has 68 valence electrons. The van der Waals surface area contributed by atoms with Gasteiger partial charge >= 0.3 is 0 Å². The first-order valence-corrected chi connectivity index (χ1v) is 5.35. The smallest absolute Gasteiger partial charge is 0.114 e. The van der Waals surface area contributed by atoms with Crippen molar-refractivity contribution in [1.29, 1.82) is 5.26 Å². The van der Waals surface area contributed by atoms with Gasteiger partial charge in [0.25, 0.3) is 0 Å². The van der Waals surface area contributed by atoms with Gasteiger partial charge in [-0.25, -0.2) is 4.98 Å². The van der Waals surface area contributed by atoms with Gasteiger partial charge in [-0.1, -0.05) is 13.3 Å². The highest BCUT2D eigenvalue weighted by Crippen LogP contribution is 2.19. The van der Waals surface area contributed by atoms with Crippen molar-refractivity contribution in [3.8, 4) is 6.07 Å². The molecule has 0 aliphatic carbocycles. The Morgan fingerprint density at radius 1 is 1.62 bits per heavy atom. The van der Waals surface area contributed by atoms with E-state index < -0.39 is 0 Å². The molecule has 0 amide bonds. The maximum atomic E-state index is 8.77. The molecular weight excluding hydrogens is 180 g/mol. The molecule has 0 spiro atoms. The Morgan fingerprint density at radius 3 is 3.15 bits per heavy atom. The average Bonchev–Trinajstić information content (AvgIpc) is 2.19. The lowest BCUT2D eigenvalue weighted by molar-refractivity contribution is 0.894. The van der Waals surface area contributed by atoms with Crippen LogP contribution in [0.25, 0.3) is 0 Å². The number of aromatic nitrogens is 1. The Bertz CT molecular complexity index is 304. The molecule has 0 atom stereocenters. The second kappa shape index (κ2) is 5.60. The van der Waals surface area contributed by atoms with Gasteiger partial charge in [-0.3, -0.25) is 0 Å². The van der Waals surface area contributed by atoms with Crippen LogP contribution in [0.1, 0.15) is 25.3 Å². The van der Waals surface area contributed by atoms with Crippen LogP contribution in [0.4, 0.5) is 0 Å². The Kier molecular flexibility index (Phi) is 4.34. The summed E-state index contributed by atoms with van der Waals surface area (Å²) in [5, 5.41) is 9.63. The monoisotopic (exact) mass is 192 g/mol. The van der Waals surface area contributed by atoms with E-state index in [9.17, 15) is 0 Å². The molecule has 3 heteroatoms. The highest BCUT2D eigenvalue weighted by Gasteiger charge is 2.01. The topological polar surface area (TPSA) is 36.7 Å². The van der Waals surface area contributed by atoms with Crippen LogP contribution in [0.3, 0.4) is 0 Å². The zero-order valence-electron chi connectivity index (χ0n) is 7.66. The summed E-state index contributed by atoms with van der Waals surface area (Å²) in [5.41, 5.74) is 0.684. The lowest BCUT2D eigenvalue weighted by Gasteiger charge is -2.00. The summed E-state index contributed by atoms with van der Waals surface area (Å²) in [6.07, 6.45) is 4.09. The molecule has 0 saturated heterocycles. The summed E-state index contributed by atoms with van der Waals surface area (Å²) in [5.74, 6) is 1.04. The van der Waals surface area contributed by atoms with Gasteiger partial charge in [0, 0.05) is 6.20 Å². The quantitative estimate of drug-likeness (QED) is 0.543. The standard InChI is InChI=1S/C10H12N2S/c1-2-3-7-13-10-9(8-11)5-4-6-12-10/h4-6H,2-3,7H2,1H3. The second-order valence-electron chi connectivity index (χ2n) is 2.67. The van der Waals surface area contributed by atoms with E-state index in [0.717, 1.165) is 10.8 Å². The Balaban J connectivity index is 2.60. The first kappa shape index (κ1) is 10.1. The summed E-state index contributed by atoms with van der Waals surface area (Å²) in [4.78, 5) is 4.16. The number of rotatable bonds is 4. The number of unbranched alkanes of at least 4 members (excludes halogenated alkanes) is 1. The minimum absolute atomic E-state index is 0.684. The van der Waals surface area contributed by atoms with Gasteiger partial charge < -0.3 is 0 Å². The van der Waals surface area contributed by atoms with E-state index in [2.05, 4.69) is 18.0 Å². The van der Waals surface area contributed by atoms with Gasteiger partial charge in [-0.05, 0) is 24.3 Å². The number of nitrogens with zero attached hydrogens (tertiary/aromatic N) is 2. The molecule has 0 N–H and O–H groups in total. The van der Waals surface area contributed by atoms with Gasteiger partial charge in [-0.15, -0.1) is 11.8 Å². The van der Waals surface area contributed by atoms with E-state index >= 15 is 0 Å². The van der Waals surface area contributed by atoms with E-state index in [-0.39, 0.29) is 0 Å². The van der Waals surface area contributed by atoms with Gasteiger partial charge in [0.05, 0.1) is 5.56 Å². The second-order valence-corrected chi connectivity index (χ2v) is 3.75. The highest BCUT2D eigenvalue weighted by molar-refractivity contribution is 7.99. The lowest BCUT2D eigenvalue weighted by atomic mass is 10.3. The van der Waals surface area contributed by atoms with Crippen LogP contribution < -0.4 is 0 Å². The molecule has 1 rings (SSSR count). The number of pyridine rings is 1. The summed E-state index contributed by atoms with van der Waals surface area (Å²) >= 11 is 1.66. The van der Waals surface area contributed by atoms with E-state index in [4.69, 9.17) is 5.26 Å². The molecule has 1 heterocycles. The Labute approximate surface area is 83.0 Å². The number of thioether (sulfide) groups is 1. The molecule has 2 nitrogen and oxygen atoms in total. The normalized spacial score (nSPS) is 9.54. The molecule has 0 fully saturated rings. The maximum absolute atomic E-state index is 8.77. The summed E-state index contributed by atoms with van der Waals surface area (Å²) in [7, 11) is 0.